The summed E-state index contributed by atoms with van der Waals surface area (Å²) in [5.41, 5.74) is 0.381. The van der Waals surface area contributed by atoms with Gasteiger partial charge < -0.3 is 5.32 Å². The lowest BCUT2D eigenvalue weighted by Gasteiger charge is -2.28. The summed E-state index contributed by atoms with van der Waals surface area (Å²) in [7, 11) is 0. The SMILES string of the molecule is Cc1nn(CCC(=O)N[C@@H](C)[C@@H]2C[C@H]3CC[C@H]2C3)cc1[N+](=O)[O-]. The number of aromatic nitrogens is 2. The molecule has 1 N–H and O–H groups in total. The maximum atomic E-state index is 12.1. The zero-order valence-electron chi connectivity index (χ0n) is 13.7. The molecule has 1 aromatic rings. The second-order valence-corrected chi connectivity index (χ2v) is 7.06. The van der Waals surface area contributed by atoms with Crippen molar-refractivity contribution in [3.05, 3.63) is 22.0 Å². The highest BCUT2D eigenvalue weighted by Crippen LogP contribution is 2.49. The highest BCUT2D eigenvalue weighted by Gasteiger charge is 2.42. The standard InChI is InChI=1S/C16H24N4O3/c1-10(14-8-12-3-4-13(14)7-12)17-16(21)5-6-19-9-15(20(22)23)11(2)18-19/h9-10,12-14H,3-8H2,1-2H3,(H,17,21)/t10-,12-,13-,14-/m0/s1. The van der Waals surface area contributed by atoms with Crippen molar-refractivity contribution in [2.45, 2.75) is 58.5 Å². The Bertz CT molecular complexity index is 612. The molecular weight excluding hydrogens is 296 g/mol. The van der Waals surface area contributed by atoms with Crippen molar-refractivity contribution in [1.29, 1.82) is 0 Å². The van der Waals surface area contributed by atoms with Crippen LogP contribution >= 0.6 is 0 Å². The lowest BCUT2D eigenvalue weighted by atomic mass is 9.84. The van der Waals surface area contributed by atoms with Crippen LogP contribution in [-0.4, -0.2) is 26.7 Å². The molecule has 2 saturated carbocycles. The van der Waals surface area contributed by atoms with Crippen LogP contribution < -0.4 is 5.32 Å². The van der Waals surface area contributed by atoms with Crippen LogP contribution in [0.1, 0.15) is 44.7 Å². The van der Waals surface area contributed by atoms with Gasteiger partial charge in [0.2, 0.25) is 5.91 Å². The van der Waals surface area contributed by atoms with Crippen LogP contribution in [0, 0.1) is 34.8 Å². The zero-order valence-corrected chi connectivity index (χ0v) is 13.7. The Kier molecular flexibility index (Phi) is 4.37. The molecule has 2 bridgehead atoms. The van der Waals surface area contributed by atoms with Crippen LogP contribution in [0.15, 0.2) is 6.20 Å². The van der Waals surface area contributed by atoms with Gasteiger partial charge in [-0.15, -0.1) is 0 Å². The van der Waals surface area contributed by atoms with E-state index in [4.69, 9.17) is 0 Å². The molecule has 1 amide bonds. The van der Waals surface area contributed by atoms with Gasteiger partial charge in [-0.1, -0.05) is 6.42 Å². The van der Waals surface area contributed by atoms with Gasteiger partial charge in [0.15, 0.2) is 0 Å². The van der Waals surface area contributed by atoms with Gasteiger partial charge in [0.05, 0.1) is 4.92 Å². The molecule has 7 heteroatoms. The molecule has 2 aliphatic carbocycles. The number of rotatable bonds is 6. The van der Waals surface area contributed by atoms with Gasteiger partial charge >= 0.3 is 5.69 Å². The minimum absolute atomic E-state index is 0.000701. The topological polar surface area (TPSA) is 90.1 Å². The molecule has 0 unspecified atom stereocenters. The summed E-state index contributed by atoms with van der Waals surface area (Å²) in [6.45, 7) is 4.07. The van der Waals surface area contributed by atoms with Gasteiger partial charge in [-0.2, -0.15) is 5.10 Å². The number of hydrogen-bond donors (Lipinski definition) is 1. The Morgan fingerprint density at radius 2 is 2.30 bits per heavy atom. The van der Waals surface area contributed by atoms with E-state index in [1.54, 1.807) is 6.92 Å². The summed E-state index contributed by atoms with van der Waals surface area (Å²) in [4.78, 5) is 22.5. The van der Waals surface area contributed by atoms with Crippen molar-refractivity contribution < 1.29 is 9.72 Å². The minimum Gasteiger partial charge on any atom is -0.353 e. The van der Waals surface area contributed by atoms with Gasteiger partial charge in [-0.3, -0.25) is 19.6 Å². The fourth-order valence-corrected chi connectivity index (χ4v) is 4.36. The van der Waals surface area contributed by atoms with Crippen LogP contribution in [-0.2, 0) is 11.3 Å². The molecule has 0 aliphatic heterocycles. The van der Waals surface area contributed by atoms with E-state index >= 15 is 0 Å². The molecule has 1 aromatic heterocycles. The van der Waals surface area contributed by atoms with Crippen LogP contribution in [0.25, 0.3) is 0 Å². The van der Waals surface area contributed by atoms with Crippen LogP contribution in [0.4, 0.5) is 5.69 Å². The highest BCUT2D eigenvalue weighted by molar-refractivity contribution is 5.76. The number of nitrogens with zero attached hydrogens (tertiary/aromatic N) is 3. The first-order chi connectivity index (χ1) is 10.9. The predicted molar refractivity (Wildman–Crippen MR) is 84.8 cm³/mol. The first-order valence-electron chi connectivity index (χ1n) is 8.42. The Morgan fingerprint density at radius 3 is 2.87 bits per heavy atom. The molecule has 3 rings (SSSR count). The molecule has 1 heterocycles. The van der Waals surface area contributed by atoms with E-state index in [0.717, 1.165) is 11.8 Å². The smallest absolute Gasteiger partial charge is 0.309 e. The monoisotopic (exact) mass is 320 g/mol. The molecule has 4 atom stereocenters. The average molecular weight is 320 g/mol. The number of carbonyl (C=O) groups excluding carboxylic acids is 1. The number of aryl methyl sites for hydroxylation is 2. The number of amides is 1. The van der Waals surface area contributed by atoms with Gasteiger partial charge in [0.1, 0.15) is 11.9 Å². The van der Waals surface area contributed by atoms with E-state index in [-0.39, 0.29) is 17.6 Å². The fraction of sp³-hybridized carbons (Fsp3) is 0.750. The number of fused-ring (bicyclic) bond motifs is 2. The summed E-state index contributed by atoms with van der Waals surface area (Å²) in [5, 5.41) is 18.0. The zero-order chi connectivity index (χ0) is 16.6. The van der Waals surface area contributed by atoms with E-state index in [9.17, 15) is 14.9 Å². The molecule has 0 spiro atoms. The van der Waals surface area contributed by atoms with Crippen molar-refractivity contribution in [2.75, 3.05) is 0 Å². The second-order valence-electron chi connectivity index (χ2n) is 7.06. The molecule has 2 fully saturated rings. The number of carbonyl (C=O) groups is 1. The molecule has 126 valence electrons. The summed E-state index contributed by atoms with van der Waals surface area (Å²) < 4.78 is 1.48. The number of nitrogens with one attached hydrogen (secondary N) is 1. The summed E-state index contributed by atoms with van der Waals surface area (Å²) >= 11 is 0. The van der Waals surface area contributed by atoms with Crippen molar-refractivity contribution in [3.8, 4) is 0 Å². The maximum Gasteiger partial charge on any atom is 0.309 e. The van der Waals surface area contributed by atoms with Gasteiger partial charge in [-0.25, -0.2) is 0 Å². The van der Waals surface area contributed by atoms with E-state index in [2.05, 4.69) is 17.3 Å². The molecule has 0 aromatic carbocycles. The van der Waals surface area contributed by atoms with Gasteiger partial charge in [0.25, 0.3) is 0 Å². The van der Waals surface area contributed by atoms with Crippen molar-refractivity contribution in [3.63, 3.8) is 0 Å². The molecule has 23 heavy (non-hydrogen) atoms. The third-order valence-electron chi connectivity index (χ3n) is 5.51. The lowest BCUT2D eigenvalue weighted by molar-refractivity contribution is -0.385. The lowest BCUT2D eigenvalue weighted by Crippen LogP contribution is -2.40. The van der Waals surface area contributed by atoms with Crippen molar-refractivity contribution in [1.82, 2.24) is 15.1 Å². The van der Waals surface area contributed by atoms with Crippen molar-refractivity contribution in [2.24, 2.45) is 17.8 Å². The van der Waals surface area contributed by atoms with Gasteiger partial charge in [0, 0.05) is 19.0 Å². The van der Waals surface area contributed by atoms with E-state index in [0.29, 0.717) is 24.6 Å². The second kappa shape index (κ2) is 6.29. The normalized spacial score (nSPS) is 27.1. The van der Waals surface area contributed by atoms with Crippen molar-refractivity contribution >= 4 is 11.6 Å². The number of hydrogen-bond acceptors (Lipinski definition) is 4. The quantitative estimate of drug-likeness (QED) is 0.644. The summed E-state index contributed by atoms with van der Waals surface area (Å²) in [5.74, 6) is 2.27. The molecule has 2 aliphatic rings. The fourth-order valence-electron chi connectivity index (χ4n) is 4.36. The van der Waals surface area contributed by atoms with Gasteiger partial charge in [-0.05, 0) is 50.9 Å². The molecule has 0 saturated heterocycles. The van der Waals surface area contributed by atoms with E-state index in [1.807, 2.05) is 0 Å². The summed E-state index contributed by atoms with van der Waals surface area (Å²) in [6, 6.07) is 0.214. The van der Waals surface area contributed by atoms with Crippen LogP contribution in [0.3, 0.4) is 0 Å². The largest absolute Gasteiger partial charge is 0.353 e. The Morgan fingerprint density at radius 1 is 1.52 bits per heavy atom. The third-order valence-corrected chi connectivity index (χ3v) is 5.51. The summed E-state index contributed by atoms with van der Waals surface area (Å²) in [6.07, 6.45) is 6.94. The van der Waals surface area contributed by atoms with Crippen LogP contribution in [0.5, 0.6) is 0 Å². The van der Waals surface area contributed by atoms with E-state index < -0.39 is 4.92 Å². The number of nitro groups is 1. The third kappa shape index (κ3) is 3.38. The Labute approximate surface area is 135 Å². The first-order valence-corrected chi connectivity index (χ1v) is 8.42. The molecule has 7 nitrogen and oxygen atoms in total. The van der Waals surface area contributed by atoms with E-state index in [1.165, 1.54) is 36.6 Å². The highest BCUT2D eigenvalue weighted by atomic mass is 16.6. The minimum atomic E-state index is -0.448. The average Bonchev–Trinajstić information content (AvgIpc) is 3.19. The first kappa shape index (κ1) is 16.0. The van der Waals surface area contributed by atoms with Crippen LogP contribution in [0.2, 0.25) is 0 Å². The Balaban J connectivity index is 1.48. The molecule has 0 radical (unpaired) electrons. The maximum absolute atomic E-state index is 12.1. The predicted octanol–water partition coefficient (Wildman–Crippen LogP) is 2.43. The Hall–Kier alpha value is -1.92. The molecular formula is C16H24N4O3.